The molecule has 3 amide bonds. The SMILES string of the molecule is COc1cc(Nc2cc(Oc3ccc(NC(=O)Nc4cc(C(C)(C)C)cc(NS(C)=O)c4OC)c4ccccc34)ccn2)cc(OC)c1C(=O)NCCN(C)C. The molecule has 0 radical (unpaired) electrons. The highest BCUT2D eigenvalue weighted by Gasteiger charge is 2.23. The predicted molar refractivity (Wildman–Crippen MR) is 224 cm³/mol. The van der Waals surface area contributed by atoms with Crippen molar-refractivity contribution >= 4 is 62.3 Å². The molecule has 0 saturated carbocycles. The van der Waals surface area contributed by atoms with Crippen LogP contribution in [0.3, 0.4) is 0 Å². The number of benzene rings is 4. The molecule has 0 aliphatic carbocycles. The van der Waals surface area contributed by atoms with Gasteiger partial charge in [0.25, 0.3) is 5.91 Å². The number of fused-ring (bicyclic) bond motifs is 1. The number of aromatic nitrogens is 1. The first kappa shape index (κ1) is 41.1. The van der Waals surface area contributed by atoms with E-state index in [0.717, 1.165) is 16.3 Å². The summed E-state index contributed by atoms with van der Waals surface area (Å²) in [6, 6.07) is 21.2. The predicted octanol–water partition coefficient (Wildman–Crippen LogP) is 7.73. The van der Waals surface area contributed by atoms with Crippen LogP contribution in [0, 0.1) is 0 Å². The fourth-order valence-electron chi connectivity index (χ4n) is 5.86. The van der Waals surface area contributed by atoms with Crippen LogP contribution in [0.25, 0.3) is 10.8 Å². The van der Waals surface area contributed by atoms with Crippen LogP contribution < -0.4 is 44.9 Å². The summed E-state index contributed by atoms with van der Waals surface area (Å²) in [7, 11) is 6.98. The van der Waals surface area contributed by atoms with Crippen molar-refractivity contribution < 1.29 is 32.7 Å². The quantitative estimate of drug-likeness (QED) is 0.0710. The molecule has 14 nitrogen and oxygen atoms in total. The van der Waals surface area contributed by atoms with Crippen molar-refractivity contribution in [2.45, 2.75) is 26.2 Å². The number of amides is 3. The fourth-order valence-corrected chi connectivity index (χ4v) is 6.32. The summed E-state index contributed by atoms with van der Waals surface area (Å²) in [5.74, 6) is 2.26. The number of ether oxygens (including phenoxy) is 4. The number of nitrogens with one attached hydrogen (secondary N) is 5. The van der Waals surface area contributed by atoms with E-state index in [1.807, 2.05) is 55.4 Å². The topological polar surface area (TPSA) is 164 Å². The average Bonchev–Trinajstić information content (AvgIpc) is 3.14. The molecular formula is C41H49N7O7S. The maximum absolute atomic E-state index is 13.5. The summed E-state index contributed by atoms with van der Waals surface area (Å²) in [5, 5.41) is 13.5. The molecule has 0 bridgehead atoms. The Bertz CT molecular complexity index is 2220. The minimum atomic E-state index is -1.37. The van der Waals surface area contributed by atoms with Crippen molar-refractivity contribution in [1.82, 2.24) is 15.2 Å². The number of urea groups is 1. The summed E-state index contributed by atoms with van der Waals surface area (Å²) >= 11 is 0. The van der Waals surface area contributed by atoms with Crippen molar-refractivity contribution in [2.24, 2.45) is 0 Å². The van der Waals surface area contributed by atoms with Gasteiger partial charge in [-0.2, -0.15) is 0 Å². The molecule has 0 spiro atoms. The molecule has 296 valence electrons. The van der Waals surface area contributed by atoms with Crippen LogP contribution in [0.2, 0.25) is 0 Å². The highest BCUT2D eigenvalue weighted by atomic mass is 32.2. The van der Waals surface area contributed by atoms with E-state index in [4.69, 9.17) is 18.9 Å². The minimum absolute atomic E-state index is 0.264. The van der Waals surface area contributed by atoms with Crippen LogP contribution in [0.1, 0.15) is 36.7 Å². The van der Waals surface area contributed by atoms with E-state index in [9.17, 15) is 13.8 Å². The third kappa shape index (κ3) is 10.2. The fraction of sp³-hybridized carbons (Fsp3) is 0.293. The Kier molecular flexibility index (Phi) is 13.3. The van der Waals surface area contributed by atoms with E-state index in [2.05, 4.69) is 51.7 Å². The Morgan fingerprint density at radius 1 is 0.804 bits per heavy atom. The number of hydrogen-bond donors (Lipinski definition) is 5. The Labute approximate surface area is 329 Å². The molecule has 15 heteroatoms. The zero-order valence-corrected chi connectivity index (χ0v) is 33.9. The third-order valence-electron chi connectivity index (χ3n) is 8.60. The van der Waals surface area contributed by atoms with Crippen LogP contribution in [0.15, 0.2) is 79.0 Å². The molecule has 1 heterocycles. The van der Waals surface area contributed by atoms with Gasteiger partial charge in [0.05, 0.1) is 38.4 Å². The van der Waals surface area contributed by atoms with Crippen LogP contribution in [-0.4, -0.2) is 80.8 Å². The van der Waals surface area contributed by atoms with Gasteiger partial charge in [0.1, 0.15) is 45.4 Å². The highest BCUT2D eigenvalue weighted by molar-refractivity contribution is 7.85. The van der Waals surface area contributed by atoms with Gasteiger partial charge in [-0.1, -0.05) is 45.0 Å². The van der Waals surface area contributed by atoms with Crippen LogP contribution in [0.5, 0.6) is 28.7 Å². The second-order valence-electron chi connectivity index (χ2n) is 14.1. The molecule has 0 aliphatic rings. The standard InChI is InChI=1S/C41H49N7O7S/c1-41(2,3)25-20-31(38(54-8)32(21-25)47-56(9)51)46-40(50)45-30-14-15-33(29-13-11-10-12-28(29)30)55-27-16-17-42-36(24-27)44-26-22-34(52-6)37(35(23-26)53-7)39(49)43-18-19-48(4)5/h10-17,20-24,47H,18-19H2,1-9H3,(H,42,44)(H,43,49)(H2,45,46,50). The second kappa shape index (κ2) is 18.0. The van der Waals surface area contributed by atoms with E-state index >= 15 is 0 Å². The smallest absolute Gasteiger partial charge is 0.323 e. The number of hydrogen-bond acceptors (Lipinski definition) is 10. The minimum Gasteiger partial charge on any atom is -0.496 e. The van der Waals surface area contributed by atoms with Crippen molar-refractivity contribution in [3.63, 3.8) is 0 Å². The summed E-state index contributed by atoms with van der Waals surface area (Å²) in [4.78, 5) is 33.0. The molecular weight excluding hydrogens is 735 g/mol. The van der Waals surface area contributed by atoms with Gasteiger partial charge in [0.2, 0.25) is 0 Å². The first-order chi connectivity index (χ1) is 26.7. The molecule has 56 heavy (non-hydrogen) atoms. The Hall–Kier alpha value is -6.06. The lowest BCUT2D eigenvalue weighted by atomic mass is 9.86. The zero-order valence-electron chi connectivity index (χ0n) is 33.1. The summed E-state index contributed by atoms with van der Waals surface area (Å²) in [5.41, 5.74) is 3.01. The maximum Gasteiger partial charge on any atom is 0.323 e. The second-order valence-corrected chi connectivity index (χ2v) is 15.2. The first-order valence-corrected chi connectivity index (χ1v) is 19.3. The monoisotopic (exact) mass is 783 g/mol. The van der Waals surface area contributed by atoms with Gasteiger partial charge in [0, 0.05) is 60.2 Å². The van der Waals surface area contributed by atoms with Gasteiger partial charge < -0.3 is 49.8 Å². The molecule has 0 aliphatic heterocycles. The molecule has 1 atom stereocenters. The van der Waals surface area contributed by atoms with E-state index in [0.29, 0.717) is 76.0 Å². The molecule has 4 aromatic carbocycles. The van der Waals surface area contributed by atoms with E-state index < -0.39 is 17.0 Å². The lowest BCUT2D eigenvalue weighted by Crippen LogP contribution is -2.31. The number of nitrogens with zero attached hydrogens (tertiary/aromatic N) is 2. The van der Waals surface area contributed by atoms with E-state index in [1.54, 1.807) is 42.6 Å². The summed E-state index contributed by atoms with van der Waals surface area (Å²) < 4.78 is 38.2. The highest BCUT2D eigenvalue weighted by Crippen LogP contribution is 2.40. The zero-order chi connectivity index (χ0) is 40.6. The first-order valence-electron chi connectivity index (χ1n) is 17.7. The number of methoxy groups -OCH3 is 3. The van der Waals surface area contributed by atoms with Gasteiger partial charge in [-0.05, 0) is 55.4 Å². The van der Waals surface area contributed by atoms with Crippen molar-refractivity contribution in [2.75, 3.05) is 75.4 Å². The summed E-state index contributed by atoms with van der Waals surface area (Å²) in [6.45, 7) is 7.30. The lowest BCUT2D eigenvalue weighted by molar-refractivity contribution is 0.0944. The number of carbonyl (C=O) groups is 2. The molecule has 0 fully saturated rings. The van der Waals surface area contributed by atoms with Crippen molar-refractivity contribution in [3.05, 3.63) is 90.1 Å². The van der Waals surface area contributed by atoms with Crippen LogP contribution >= 0.6 is 0 Å². The molecule has 5 N–H and O–H groups in total. The normalized spacial score (nSPS) is 11.8. The van der Waals surface area contributed by atoms with E-state index in [1.165, 1.54) is 27.6 Å². The molecule has 5 aromatic rings. The number of anilines is 5. The summed E-state index contributed by atoms with van der Waals surface area (Å²) in [6.07, 6.45) is 3.14. The number of carbonyl (C=O) groups excluding carboxylic acids is 2. The Balaban J connectivity index is 1.36. The van der Waals surface area contributed by atoms with Crippen molar-refractivity contribution in [1.29, 1.82) is 0 Å². The molecule has 5 rings (SSSR count). The van der Waals surface area contributed by atoms with Gasteiger partial charge >= 0.3 is 6.03 Å². The van der Waals surface area contributed by atoms with Crippen molar-refractivity contribution in [3.8, 4) is 28.7 Å². The number of rotatable bonds is 15. The Morgan fingerprint density at radius 3 is 2.09 bits per heavy atom. The molecule has 1 unspecified atom stereocenters. The number of likely N-dealkylation sites (N-methyl/N-ethyl adjacent to an activating group) is 1. The largest absolute Gasteiger partial charge is 0.496 e. The van der Waals surface area contributed by atoms with Crippen LogP contribution in [0.4, 0.5) is 33.4 Å². The van der Waals surface area contributed by atoms with Gasteiger partial charge in [-0.25, -0.2) is 14.0 Å². The van der Waals surface area contributed by atoms with Gasteiger partial charge in [-0.15, -0.1) is 0 Å². The van der Waals surface area contributed by atoms with Crippen LogP contribution in [-0.2, 0) is 16.4 Å². The third-order valence-corrected chi connectivity index (χ3v) is 9.11. The van der Waals surface area contributed by atoms with Gasteiger partial charge in [-0.3, -0.25) is 4.79 Å². The van der Waals surface area contributed by atoms with Gasteiger partial charge in [0.15, 0.2) is 5.75 Å². The number of pyridine rings is 1. The lowest BCUT2D eigenvalue weighted by Gasteiger charge is -2.24. The molecule has 0 saturated heterocycles. The molecule has 1 aromatic heterocycles. The average molecular weight is 784 g/mol. The van der Waals surface area contributed by atoms with E-state index in [-0.39, 0.29) is 11.3 Å². The maximum atomic E-state index is 13.5. The Morgan fingerprint density at radius 2 is 1.46 bits per heavy atom.